The van der Waals surface area contributed by atoms with Crippen LogP contribution in [0.25, 0.3) is 0 Å². The number of epoxide rings is 1. The normalized spacial score (nSPS) is 45.2. The Morgan fingerprint density at radius 2 is 1.74 bits per heavy atom. The van der Waals surface area contributed by atoms with Gasteiger partial charge in [0, 0.05) is 32.1 Å². The van der Waals surface area contributed by atoms with Gasteiger partial charge in [0.15, 0.2) is 0 Å². The van der Waals surface area contributed by atoms with E-state index < -0.39 is 51.8 Å². The van der Waals surface area contributed by atoms with E-state index in [0.29, 0.717) is 13.0 Å². The molecule has 3 heterocycles. The summed E-state index contributed by atoms with van der Waals surface area (Å²) in [6.07, 6.45) is 1.65. The van der Waals surface area contributed by atoms with Crippen LogP contribution in [0.15, 0.2) is 0 Å². The second kappa shape index (κ2) is 8.91. The fourth-order valence-electron chi connectivity index (χ4n) is 8.27. The van der Waals surface area contributed by atoms with E-state index in [-0.39, 0.29) is 49.8 Å². The Hall–Kier alpha value is -2.20. The maximum absolute atomic E-state index is 13.1. The molecular formula is C28H40O10. The zero-order valence-corrected chi connectivity index (χ0v) is 23.3. The third-order valence-electron chi connectivity index (χ3n) is 10.2. The summed E-state index contributed by atoms with van der Waals surface area (Å²) >= 11 is 0. The van der Waals surface area contributed by atoms with Gasteiger partial charge in [-0.1, -0.05) is 27.2 Å². The first kappa shape index (κ1) is 27.4. The van der Waals surface area contributed by atoms with E-state index in [4.69, 9.17) is 28.4 Å². The van der Waals surface area contributed by atoms with Gasteiger partial charge in [-0.25, -0.2) is 0 Å². The number of esters is 4. The van der Waals surface area contributed by atoms with Crippen LogP contribution in [0, 0.1) is 22.7 Å². The van der Waals surface area contributed by atoms with Crippen molar-refractivity contribution in [3.8, 4) is 0 Å². The van der Waals surface area contributed by atoms with Crippen molar-refractivity contribution in [3.05, 3.63) is 0 Å². The molecule has 212 valence electrons. The van der Waals surface area contributed by atoms with Gasteiger partial charge in [-0.2, -0.15) is 0 Å². The van der Waals surface area contributed by atoms with Crippen molar-refractivity contribution in [1.82, 2.24) is 0 Å². The number of cyclic esters (lactones) is 1. The molecule has 3 saturated heterocycles. The van der Waals surface area contributed by atoms with E-state index in [1.807, 2.05) is 6.92 Å². The molecule has 0 aromatic rings. The molecule has 0 amide bonds. The van der Waals surface area contributed by atoms with Gasteiger partial charge in [-0.05, 0) is 25.7 Å². The topological polar surface area (TPSA) is 127 Å². The van der Waals surface area contributed by atoms with Crippen molar-refractivity contribution in [2.45, 2.75) is 109 Å². The molecule has 8 atom stereocenters. The second-order valence-electron chi connectivity index (χ2n) is 12.8. The number of carbonyl (C=O) groups excluding carboxylic acids is 4. The molecule has 2 spiro atoms. The summed E-state index contributed by atoms with van der Waals surface area (Å²) < 4.78 is 36.6. The predicted molar refractivity (Wildman–Crippen MR) is 131 cm³/mol. The van der Waals surface area contributed by atoms with Crippen molar-refractivity contribution in [2.24, 2.45) is 22.7 Å². The number of carbonyl (C=O) groups is 4. The third kappa shape index (κ3) is 3.88. The molecule has 10 nitrogen and oxygen atoms in total. The highest BCUT2D eigenvalue weighted by Gasteiger charge is 2.81. The number of ether oxygens (including phenoxy) is 6. The molecule has 5 aliphatic rings. The van der Waals surface area contributed by atoms with Crippen molar-refractivity contribution in [3.63, 3.8) is 0 Å². The molecular weight excluding hydrogens is 496 g/mol. The summed E-state index contributed by atoms with van der Waals surface area (Å²) in [6, 6.07) is 0. The van der Waals surface area contributed by atoms with Crippen LogP contribution in [0.2, 0.25) is 0 Å². The molecule has 0 bridgehead atoms. The molecule has 0 aromatic heterocycles. The Labute approximate surface area is 223 Å². The van der Waals surface area contributed by atoms with Gasteiger partial charge in [0.1, 0.15) is 36.6 Å². The van der Waals surface area contributed by atoms with Crippen molar-refractivity contribution < 1.29 is 47.6 Å². The lowest BCUT2D eigenvalue weighted by molar-refractivity contribution is -0.351. The lowest BCUT2D eigenvalue weighted by atomic mass is 9.40. The first-order valence-corrected chi connectivity index (χ1v) is 13.7. The fraction of sp³-hybridized carbons (Fsp3) is 0.857. The molecule has 0 radical (unpaired) electrons. The molecule has 3 aliphatic heterocycles. The quantitative estimate of drug-likeness (QED) is 0.294. The number of rotatable bonds is 5. The van der Waals surface area contributed by atoms with E-state index in [1.165, 1.54) is 13.8 Å². The highest BCUT2D eigenvalue weighted by Crippen LogP contribution is 2.72. The molecule has 2 aliphatic carbocycles. The maximum atomic E-state index is 13.1. The zero-order chi connectivity index (χ0) is 27.7. The minimum atomic E-state index is -0.959. The van der Waals surface area contributed by atoms with Gasteiger partial charge in [0.25, 0.3) is 0 Å². The molecule has 10 heteroatoms. The Bertz CT molecular complexity index is 1030. The Kier molecular flexibility index (Phi) is 6.42. The number of fused-ring (bicyclic) bond motifs is 4. The van der Waals surface area contributed by atoms with Crippen LogP contribution >= 0.6 is 0 Å². The summed E-state index contributed by atoms with van der Waals surface area (Å²) in [7, 11) is 0. The molecule has 38 heavy (non-hydrogen) atoms. The Morgan fingerprint density at radius 1 is 1.03 bits per heavy atom. The van der Waals surface area contributed by atoms with Crippen LogP contribution in [-0.4, -0.2) is 72.7 Å². The molecule has 5 rings (SSSR count). The molecule has 0 unspecified atom stereocenters. The van der Waals surface area contributed by atoms with Gasteiger partial charge in [-0.3, -0.25) is 19.2 Å². The minimum Gasteiger partial charge on any atom is -0.465 e. The van der Waals surface area contributed by atoms with E-state index in [0.717, 1.165) is 19.3 Å². The van der Waals surface area contributed by atoms with E-state index in [2.05, 4.69) is 6.92 Å². The van der Waals surface area contributed by atoms with Gasteiger partial charge >= 0.3 is 23.9 Å². The summed E-state index contributed by atoms with van der Waals surface area (Å²) in [4.78, 5) is 50.0. The maximum Gasteiger partial charge on any atom is 0.308 e. The SMILES string of the molecule is CC(=O)OC[C@@]12[C@@H](OC(=O)C(C)C)C[C@@]3(C)O[C@@]4(COC(=O)C4)C[C@H](OC(C)=O)[C@]3(C)[C@H]1CCC[C@]21CO1. The zero-order valence-electron chi connectivity index (χ0n) is 23.3. The molecule has 0 N–H and O–H groups in total. The lowest BCUT2D eigenvalue weighted by Gasteiger charge is -2.70. The van der Waals surface area contributed by atoms with Crippen molar-refractivity contribution in [2.75, 3.05) is 19.8 Å². The van der Waals surface area contributed by atoms with Gasteiger partial charge < -0.3 is 28.4 Å². The number of hydrogen-bond acceptors (Lipinski definition) is 10. The Balaban J connectivity index is 1.68. The van der Waals surface area contributed by atoms with Gasteiger partial charge in [-0.15, -0.1) is 0 Å². The van der Waals surface area contributed by atoms with Crippen LogP contribution in [0.1, 0.15) is 80.1 Å². The standard InChI is InChI=1S/C28H40O10/c1-16(2)23(32)37-21-10-24(5)25(6,20(36-18(4)30)11-26(38-24)12-22(31)34-13-26)19-8-7-9-27(14-35-27)28(19,21)15-33-17(3)29/h16,19-21H,7-15H2,1-6H3/t19-,20+,21+,24-,25+,26+,27+,28+/m1/s1. The highest BCUT2D eigenvalue weighted by atomic mass is 16.6. The van der Waals surface area contributed by atoms with E-state index in [9.17, 15) is 19.2 Å². The van der Waals surface area contributed by atoms with E-state index >= 15 is 0 Å². The minimum absolute atomic E-state index is 0.0221. The summed E-state index contributed by atoms with van der Waals surface area (Å²) in [5, 5.41) is 0. The molecule has 2 saturated carbocycles. The van der Waals surface area contributed by atoms with Crippen LogP contribution in [-0.2, 0) is 47.6 Å². The predicted octanol–water partition coefficient (Wildman–Crippen LogP) is 2.88. The molecule has 0 aromatic carbocycles. The van der Waals surface area contributed by atoms with Gasteiger partial charge in [0.2, 0.25) is 0 Å². The summed E-state index contributed by atoms with van der Waals surface area (Å²) in [5.74, 6) is -2.17. The average Bonchev–Trinajstić information content (AvgIpc) is 3.50. The first-order chi connectivity index (χ1) is 17.7. The number of hydrogen-bond donors (Lipinski definition) is 0. The van der Waals surface area contributed by atoms with Crippen LogP contribution in [0.3, 0.4) is 0 Å². The van der Waals surface area contributed by atoms with Crippen LogP contribution < -0.4 is 0 Å². The molecule has 5 fully saturated rings. The summed E-state index contributed by atoms with van der Waals surface area (Å²) in [5.41, 5.74) is -4.16. The Morgan fingerprint density at radius 3 is 2.29 bits per heavy atom. The summed E-state index contributed by atoms with van der Waals surface area (Å²) in [6.45, 7) is 10.9. The van der Waals surface area contributed by atoms with Crippen molar-refractivity contribution >= 4 is 23.9 Å². The largest absolute Gasteiger partial charge is 0.465 e. The fourth-order valence-corrected chi connectivity index (χ4v) is 8.27. The van der Waals surface area contributed by atoms with Crippen molar-refractivity contribution in [1.29, 1.82) is 0 Å². The van der Waals surface area contributed by atoms with Crippen LogP contribution in [0.5, 0.6) is 0 Å². The monoisotopic (exact) mass is 536 g/mol. The first-order valence-electron chi connectivity index (χ1n) is 13.7. The third-order valence-corrected chi connectivity index (χ3v) is 10.2. The van der Waals surface area contributed by atoms with Crippen LogP contribution in [0.4, 0.5) is 0 Å². The van der Waals surface area contributed by atoms with E-state index in [1.54, 1.807) is 13.8 Å². The highest BCUT2D eigenvalue weighted by molar-refractivity contribution is 5.73. The van der Waals surface area contributed by atoms with Gasteiger partial charge in [0.05, 0.1) is 30.0 Å². The lowest BCUT2D eigenvalue weighted by Crippen LogP contribution is -2.78. The smallest absolute Gasteiger partial charge is 0.308 e. The average molecular weight is 537 g/mol. The second-order valence-corrected chi connectivity index (χ2v) is 12.8.